The van der Waals surface area contributed by atoms with Gasteiger partial charge in [0.15, 0.2) is 0 Å². The molecule has 2 aliphatic rings. The van der Waals surface area contributed by atoms with Crippen molar-refractivity contribution >= 4 is 28.6 Å². The van der Waals surface area contributed by atoms with Crippen LogP contribution in [0.5, 0.6) is 11.5 Å². The van der Waals surface area contributed by atoms with E-state index in [9.17, 15) is 24.6 Å². The van der Waals surface area contributed by atoms with Crippen LogP contribution in [-0.4, -0.2) is 52.1 Å². The number of fused-ring (bicyclic) bond motifs is 2. The lowest BCUT2D eigenvalue weighted by atomic mass is 9.76. The van der Waals surface area contributed by atoms with E-state index >= 15 is 0 Å². The highest BCUT2D eigenvalue weighted by Gasteiger charge is 2.68. The van der Waals surface area contributed by atoms with Crippen molar-refractivity contribution in [1.82, 2.24) is 10.2 Å². The average Bonchev–Trinajstić information content (AvgIpc) is 3.37. The van der Waals surface area contributed by atoms with Gasteiger partial charge in [0.25, 0.3) is 0 Å². The maximum Gasteiger partial charge on any atom is 0.325 e. The molecule has 0 spiro atoms. The number of hydrogen-bond donors (Lipinski definition) is 3. The number of rotatable bonds is 8. The van der Waals surface area contributed by atoms with Gasteiger partial charge in [-0.15, -0.1) is 0 Å². The molecule has 192 valence electrons. The molecule has 4 atom stereocenters. The molecule has 2 saturated heterocycles. The van der Waals surface area contributed by atoms with Crippen molar-refractivity contribution in [3.05, 3.63) is 71.8 Å². The van der Waals surface area contributed by atoms with Gasteiger partial charge in [0, 0.05) is 24.4 Å². The predicted octanol–water partition coefficient (Wildman–Crippen LogP) is 3.67. The molecule has 3 aromatic carbocycles. The lowest BCUT2D eigenvalue weighted by Crippen LogP contribution is -2.57. The Morgan fingerprint density at radius 3 is 2.38 bits per heavy atom. The van der Waals surface area contributed by atoms with Gasteiger partial charge in [0.2, 0.25) is 11.8 Å². The zero-order valence-corrected chi connectivity index (χ0v) is 20.8. The Bertz CT molecular complexity index is 1370. The second kappa shape index (κ2) is 9.52. The Balaban J connectivity index is 1.68. The summed E-state index contributed by atoms with van der Waals surface area (Å²) >= 11 is 0. The number of carboxylic acids is 1. The minimum absolute atomic E-state index is 0.0188. The highest BCUT2D eigenvalue weighted by Crippen LogP contribution is 2.51. The minimum Gasteiger partial charge on any atom is -0.508 e. The van der Waals surface area contributed by atoms with Crippen LogP contribution in [-0.2, 0) is 20.8 Å². The summed E-state index contributed by atoms with van der Waals surface area (Å²) in [6, 6.07) is 16.8. The number of phenolic OH excluding ortho intramolecular Hbond substituents is 1. The van der Waals surface area contributed by atoms with Crippen molar-refractivity contribution in [2.45, 2.75) is 37.8 Å². The standard InChI is InChI=1S/C29H30N2O6/c1-3-4-15-31-26(33)23-24(27(31)34)29(28(35)36,16-17-9-11-18(32)12-10-17)30-25(23)21-13-14-22(37-2)20-8-6-5-7-19(20)21/h5-14,23-25,30,32H,3-4,15-16H2,1-2H3,(H,35,36). The van der Waals surface area contributed by atoms with E-state index in [4.69, 9.17) is 4.74 Å². The van der Waals surface area contributed by atoms with Crippen LogP contribution >= 0.6 is 0 Å². The summed E-state index contributed by atoms with van der Waals surface area (Å²) in [7, 11) is 1.59. The van der Waals surface area contributed by atoms with Crippen LogP contribution in [0.2, 0.25) is 0 Å². The second-order valence-electron chi connectivity index (χ2n) is 9.83. The van der Waals surface area contributed by atoms with Crippen molar-refractivity contribution in [2.75, 3.05) is 13.7 Å². The fourth-order valence-corrected chi connectivity index (χ4v) is 5.98. The van der Waals surface area contributed by atoms with Gasteiger partial charge in [-0.1, -0.05) is 55.8 Å². The number of methoxy groups -OCH3 is 1. The molecule has 3 N–H and O–H groups in total. The topological polar surface area (TPSA) is 116 Å². The third-order valence-corrected chi connectivity index (χ3v) is 7.75. The van der Waals surface area contributed by atoms with Crippen LogP contribution in [0.3, 0.4) is 0 Å². The number of phenols is 1. The number of aromatic hydroxyl groups is 1. The smallest absolute Gasteiger partial charge is 0.325 e. The molecule has 37 heavy (non-hydrogen) atoms. The lowest BCUT2D eigenvalue weighted by molar-refractivity contribution is -0.151. The molecule has 4 unspecified atom stereocenters. The van der Waals surface area contributed by atoms with E-state index in [2.05, 4.69) is 5.32 Å². The quantitative estimate of drug-likeness (QED) is 0.403. The summed E-state index contributed by atoms with van der Waals surface area (Å²) in [5.41, 5.74) is -0.321. The summed E-state index contributed by atoms with van der Waals surface area (Å²) in [6.07, 6.45) is 1.43. The van der Waals surface area contributed by atoms with Gasteiger partial charge < -0.3 is 14.9 Å². The molecule has 0 bridgehead atoms. The zero-order valence-electron chi connectivity index (χ0n) is 20.8. The maximum atomic E-state index is 13.8. The lowest BCUT2D eigenvalue weighted by Gasteiger charge is -2.31. The molecule has 0 aromatic heterocycles. The van der Waals surface area contributed by atoms with Crippen molar-refractivity contribution < 1.29 is 29.3 Å². The van der Waals surface area contributed by atoms with E-state index < -0.39 is 35.3 Å². The monoisotopic (exact) mass is 502 g/mol. The van der Waals surface area contributed by atoms with E-state index in [1.165, 1.54) is 17.0 Å². The van der Waals surface area contributed by atoms with Crippen LogP contribution in [0.15, 0.2) is 60.7 Å². The zero-order chi connectivity index (χ0) is 26.3. The Morgan fingerprint density at radius 1 is 1.03 bits per heavy atom. The molecule has 2 aliphatic heterocycles. The van der Waals surface area contributed by atoms with Gasteiger partial charge in [0.1, 0.15) is 17.0 Å². The molecule has 2 fully saturated rings. The molecule has 0 aliphatic carbocycles. The second-order valence-corrected chi connectivity index (χ2v) is 9.83. The molecule has 8 heteroatoms. The van der Waals surface area contributed by atoms with E-state index in [1.807, 2.05) is 43.3 Å². The first-order chi connectivity index (χ1) is 17.8. The molecule has 3 aromatic rings. The number of amides is 2. The Hall–Kier alpha value is -3.91. The van der Waals surface area contributed by atoms with Crippen molar-refractivity contribution in [3.63, 3.8) is 0 Å². The maximum absolute atomic E-state index is 13.8. The fourth-order valence-electron chi connectivity index (χ4n) is 5.98. The number of unbranched alkanes of at least 4 members (excludes halogenated alkanes) is 1. The van der Waals surface area contributed by atoms with Crippen LogP contribution in [0, 0.1) is 11.8 Å². The summed E-state index contributed by atoms with van der Waals surface area (Å²) in [6.45, 7) is 2.25. The van der Waals surface area contributed by atoms with Gasteiger partial charge in [0.05, 0.1) is 18.9 Å². The summed E-state index contributed by atoms with van der Waals surface area (Å²) < 4.78 is 5.53. The highest BCUT2D eigenvalue weighted by atomic mass is 16.5. The normalized spacial score (nSPS) is 25.0. The molecule has 2 amide bonds. The Morgan fingerprint density at radius 2 is 1.73 bits per heavy atom. The van der Waals surface area contributed by atoms with Gasteiger partial charge in [-0.25, -0.2) is 0 Å². The molecule has 5 rings (SSSR count). The average molecular weight is 503 g/mol. The number of carbonyl (C=O) groups excluding carboxylic acids is 2. The van der Waals surface area contributed by atoms with Crippen molar-refractivity contribution in [3.8, 4) is 11.5 Å². The van der Waals surface area contributed by atoms with E-state index in [-0.39, 0.29) is 24.6 Å². The molecule has 0 radical (unpaired) electrons. The summed E-state index contributed by atoms with van der Waals surface area (Å²) in [5, 5.41) is 25.3. The molecule has 8 nitrogen and oxygen atoms in total. The van der Waals surface area contributed by atoms with E-state index in [1.54, 1.807) is 19.2 Å². The Kier molecular flexibility index (Phi) is 6.37. The number of nitrogens with one attached hydrogen (secondary N) is 1. The van der Waals surface area contributed by atoms with Gasteiger partial charge in [-0.05, 0) is 41.1 Å². The minimum atomic E-state index is -1.71. The molecular formula is C29H30N2O6. The third-order valence-electron chi connectivity index (χ3n) is 7.75. The van der Waals surface area contributed by atoms with Crippen molar-refractivity contribution in [1.29, 1.82) is 0 Å². The number of imide groups is 1. The van der Waals surface area contributed by atoms with Crippen LogP contribution in [0.4, 0.5) is 0 Å². The Labute approximate surface area is 214 Å². The van der Waals surface area contributed by atoms with E-state index in [0.717, 1.165) is 22.8 Å². The molecular weight excluding hydrogens is 472 g/mol. The number of carboxylic acid groups (broad SMARTS) is 1. The van der Waals surface area contributed by atoms with Gasteiger partial charge in [-0.3, -0.25) is 24.6 Å². The van der Waals surface area contributed by atoms with Crippen LogP contribution in [0.25, 0.3) is 10.8 Å². The number of ether oxygens (including phenoxy) is 1. The molecule has 0 saturated carbocycles. The van der Waals surface area contributed by atoms with Crippen LogP contribution in [0.1, 0.15) is 36.9 Å². The first-order valence-electron chi connectivity index (χ1n) is 12.5. The SMILES string of the molecule is CCCCN1C(=O)C2C(c3ccc(OC)c4ccccc34)NC(Cc3ccc(O)cc3)(C(=O)O)C2C1=O. The third kappa shape index (κ3) is 3.92. The summed E-state index contributed by atoms with van der Waals surface area (Å²) in [4.78, 5) is 41.8. The first kappa shape index (κ1) is 24.8. The number of nitrogens with zero attached hydrogens (tertiary/aromatic N) is 1. The number of aliphatic carboxylic acids is 1. The number of benzene rings is 3. The number of likely N-dealkylation sites (tertiary alicyclic amines) is 1. The fraction of sp³-hybridized carbons (Fsp3) is 0.345. The van der Waals surface area contributed by atoms with Gasteiger partial charge in [-0.2, -0.15) is 0 Å². The molecule has 2 heterocycles. The highest BCUT2D eigenvalue weighted by molar-refractivity contribution is 6.10. The van der Waals surface area contributed by atoms with E-state index in [0.29, 0.717) is 17.7 Å². The number of hydrogen-bond acceptors (Lipinski definition) is 6. The van der Waals surface area contributed by atoms with Gasteiger partial charge >= 0.3 is 5.97 Å². The summed E-state index contributed by atoms with van der Waals surface area (Å²) in [5.74, 6) is -3.18. The van der Waals surface area contributed by atoms with Crippen molar-refractivity contribution in [2.24, 2.45) is 11.8 Å². The predicted molar refractivity (Wildman–Crippen MR) is 137 cm³/mol. The van der Waals surface area contributed by atoms with Crippen LogP contribution < -0.4 is 10.1 Å². The number of carbonyl (C=O) groups is 3. The first-order valence-corrected chi connectivity index (χ1v) is 12.5. The largest absolute Gasteiger partial charge is 0.508 e.